The normalized spacial score (nSPS) is 15.5. The molecule has 0 aliphatic heterocycles. The molecular weight excluding hydrogens is 222 g/mol. The van der Waals surface area contributed by atoms with E-state index in [1.165, 1.54) is 11.8 Å². The highest BCUT2D eigenvalue weighted by Gasteiger charge is 2.39. The summed E-state index contributed by atoms with van der Waals surface area (Å²) in [5.74, 6) is -0.821. The number of carboxylic acids is 1. The van der Waals surface area contributed by atoms with E-state index in [1.807, 2.05) is 20.8 Å². The van der Waals surface area contributed by atoms with Gasteiger partial charge in [0.05, 0.1) is 0 Å². The Hall–Kier alpha value is -1.03. The second-order valence-electron chi connectivity index (χ2n) is 4.79. The van der Waals surface area contributed by atoms with Crippen LogP contribution in [0, 0.1) is 0 Å². The molecule has 0 spiro atoms. The number of pyridine rings is 1. The average Bonchev–Trinajstić information content (AvgIpc) is 2.16. The van der Waals surface area contributed by atoms with E-state index in [0.717, 1.165) is 5.56 Å². The lowest BCUT2D eigenvalue weighted by Crippen LogP contribution is -2.33. The second kappa shape index (κ2) is 4.45. The average molecular weight is 239 g/mol. The summed E-state index contributed by atoms with van der Waals surface area (Å²) in [6, 6.07) is 3.51. The first-order valence-corrected chi connectivity index (χ1v) is 5.91. The van der Waals surface area contributed by atoms with E-state index < -0.39 is 10.7 Å². The summed E-state index contributed by atoms with van der Waals surface area (Å²) in [7, 11) is 0. The molecule has 0 bridgehead atoms. The summed E-state index contributed by atoms with van der Waals surface area (Å²) >= 11 is 1.44. The molecule has 1 aromatic rings. The fraction of sp³-hybridized carbons (Fsp3) is 0.500. The van der Waals surface area contributed by atoms with E-state index in [-0.39, 0.29) is 4.75 Å². The Kier molecular flexibility index (Phi) is 3.63. The van der Waals surface area contributed by atoms with Crippen molar-refractivity contribution in [3.8, 4) is 0 Å². The maximum atomic E-state index is 11.5. The zero-order valence-electron chi connectivity index (χ0n) is 10.0. The highest BCUT2D eigenvalue weighted by Crippen LogP contribution is 2.43. The van der Waals surface area contributed by atoms with Crippen molar-refractivity contribution in [3.05, 3.63) is 30.1 Å². The zero-order chi connectivity index (χ0) is 12.4. The highest BCUT2D eigenvalue weighted by atomic mass is 32.2. The van der Waals surface area contributed by atoms with E-state index in [9.17, 15) is 9.90 Å². The molecule has 1 rings (SSSR count). The fourth-order valence-corrected chi connectivity index (χ4v) is 3.07. The summed E-state index contributed by atoms with van der Waals surface area (Å²) in [5.41, 5.74) is 0.773. The maximum Gasteiger partial charge on any atom is 0.324 e. The molecule has 4 heteroatoms. The van der Waals surface area contributed by atoms with Gasteiger partial charge in [-0.2, -0.15) is 0 Å². The zero-order valence-corrected chi connectivity index (χ0v) is 10.8. The molecule has 3 nitrogen and oxygen atoms in total. The molecule has 0 saturated heterocycles. The number of aliphatic carboxylic acids is 1. The molecule has 0 radical (unpaired) electrons. The molecule has 1 aromatic heterocycles. The summed E-state index contributed by atoms with van der Waals surface area (Å²) < 4.78 is -1.04. The smallest absolute Gasteiger partial charge is 0.324 e. The van der Waals surface area contributed by atoms with Crippen LogP contribution < -0.4 is 0 Å². The van der Waals surface area contributed by atoms with Gasteiger partial charge in [-0.25, -0.2) is 0 Å². The first kappa shape index (κ1) is 13.0. The van der Waals surface area contributed by atoms with Gasteiger partial charge in [-0.05, 0) is 24.6 Å². The van der Waals surface area contributed by atoms with Gasteiger partial charge >= 0.3 is 5.97 Å². The first-order chi connectivity index (χ1) is 7.26. The number of carbonyl (C=O) groups is 1. The molecule has 1 unspecified atom stereocenters. The lowest BCUT2D eigenvalue weighted by Gasteiger charge is -2.31. The minimum absolute atomic E-state index is 0.115. The van der Waals surface area contributed by atoms with Crippen molar-refractivity contribution in [2.75, 3.05) is 0 Å². The van der Waals surface area contributed by atoms with Crippen LogP contribution in [-0.4, -0.2) is 20.8 Å². The minimum Gasteiger partial charge on any atom is -0.480 e. The van der Waals surface area contributed by atoms with E-state index >= 15 is 0 Å². The van der Waals surface area contributed by atoms with Crippen molar-refractivity contribution in [2.45, 2.75) is 37.2 Å². The first-order valence-electron chi connectivity index (χ1n) is 5.10. The Morgan fingerprint density at radius 3 is 2.12 bits per heavy atom. The Bertz CT molecular complexity index is 372. The van der Waals surface area contributed by atoms with E-state index in [4.69, 9.17) is 0 Å². The van der Waals surface area contributed by atoms with Crippen molar-refractivity contribution in [1.29, 1.82) is 0 Å². The van der Waals surface area contributed by atoms with Gasteiger partial charge < -0.3 is 5.11 Å². The molecule has 0 amide bonds. The predicted molar refractivity (Wildman–Crippen MR) is 66.6 cm³/mol. The van der Waals surface area contributed by atoms with Crippen LogP contribution in [-0.2, 0) is 9.54 Å². The molecule has 1 N–H and O–H groups in total. The van der Waals surface area contributed by atoms with E-state index in [1.54, 1.807) is 31.5 Å². The van der Waals surface area contributed by atoms with Crippen LogP contribution in [0.1, 0.15) is 33.3 Å². The van der Waals surface area contributed by atoms with Gasteiger partial charge in [0.2, 0.25) is 0 Å². The Balaban J connectivity index is 3.13. The SMILES string of the molecule is CC(C)(C)SC(C)(C(=O)O)c1ccncc1. The predicted octanol–water partition coefficient (Wildman–Crippen LogP) is 2.91. The molecule has 16 heavy (non-hydrogen) atoms. The number of nitrogens with zero attached hydrogens (tertiary/aromatic N) is 1. The van der Waals surface area contributed by atoms with Crippen LogP contribution in [0.15, 0.2) is 24.5 Å². The van der Waals surface area contributed by atoms with Crippen molar-refractivity contribution < 1.29 is 9.90 Å². The topological polar surface area (TPSA) is 50.2 Å². The largest absolute Gasteiger partial charge is 0.480 e. The standard InChI is InChI=1S/C12H17NO2S/c1-11(2,3)16-12(4,10(14)15)9-5-7-13-8-6-9/h5-8H,1-4H3,(H,14,15). The minimum atomic E-state index is -0.929. The molecule has 0 aliphatic carbocycles. The summed E-state index contributed by atoms with van der Waals surface area (Å²) in [4.78, 5) is 15.4. The molecule has 0 saturated carbocycles. The maximum absolute atomic E-state index is 11.5. The van der Waals surface area contributed by atoms with E-state index in [0.29, 0.717) is 0 Å². The number of aromatic nitrogens is 1. The third kappa shape index (κ3) is 2.98. The lowest BCUT2D eigenvalue weighted by atomic mass is 10.0. The highest BCUT2D eigenvalue weighted by molar-refractivity contribution is 8.02. The van der Waals surface area contributed by atoms with Gasteiger partial charge in [-0.3, -0.25) is 9.78 Å². The monoisotopic (exact) mass is 239 g/mol. The fourth-order valence-electron chi connectivity index (χ4n) is 1.51. The Labute approximate surface area is 100 Å². The van der Waals surface area contributed by atoms with Crippen molar-refractivity contribution >= 4 is 17.7 Å². The third-order valence-corrected chi connectivity index (χ3v) is 3.58. The van der Waals surface area contributed by atoms with Gasteiger partial charge in [-0.15, -0.1) is 11.8 Å². The molecule has 88 valence electrons. The lowest BCUT2D eigenvalue weighted by molar-refractivity contribution is -0.139. The molecule has 0 aromatic carbocycles. The van der Waals surface area contributed by atoms with E-state index in [2.05, 4.69) is 4.98 Å². The quantitative estimate of drug-likeness (QED) is 0.881. The van der Waals surface area contributed by atoms with Gasteiger partial charge in [0.15, 0.2) is 0 Å². The van der Waals surface area contributed by atoms with Crippen LogP contribution in [0.2, 0.25) is 0 Å². The third-order valence-electron chi connectivity index (χ3n) is 2.15. The molecular formula is C12H17NO2S. The summed E-state index contributed by atoms with van der Waals surface area (Å²) in [6.07, 6.45) is 3.25. The number of rotatable bonds is 3. The Morgan fingerprint density at radius 1 is 1.25 bits per heavy atom. The number of carboxylic acid groups (broad SMARTS) is 1. The van der Waals surface area contributed by atoms with Crippen LogP contribution in [0.4, 0.5) is 0 Å². The summed E-state index contributed by atoms with van der Waals surface area (Å²) in [5, 5.41) is 9.41. The number of thioether (sulfide) groups is 1. The number of hydrogen-bond acceptors (Lipinski definition) is 3. The summed E-state index contributed by atoms with van der Waals surface area (Å²) in [6.45, 7) is 7.78. The van der Waals surface area contributed by atoms with Gasteiger partial charge in [0.1, 0.15) is 4.75 Å². The molecule has 1 heterocycles. The van der Waals surface area contributed by atoms with Gasteiger partial charge in [-0.1, -0.05) is 20.8 Å². The molecule has 0 aliphatic rings. The van der Waals surface area contributed by atoms with Gasteiger partial charge in [0.25, 0.3) is 0 Å². The van der Waals surface area contributed by atoms with Gasteiger partial charge in [0, 0.05) is 17.1 Å². The van der Waals surface area contributed by atoms with Crippen LogP contribution in [0.3, 0.4) is 0 Å². The van der Waals surface area contributed by atoms with Crippen LogP contribution in [0.25, 0.3) is 0 Å². The second-order valence-corrected chi connectivity index (χ2v) is 7.03. The van der Waals surface area contributed by atoms with Crippen LogP contribution in [0.5, 0.6) is 0 Å². The van der Waals surface area contributed by atoms with Crippen LogP contribution >= 0.6 is 11.8 Å². The van der Waals surface area contributed by atoms with Crippen molar-refractivity contribution in [1.82, 2.24) is 4.98 Å². The van der Waals surface area contributed by atoms with Crippen molar-refractivity contribution in [3.63, 3.8) is 0 Å². The molecule has 0 fully saturated rings. The molecule has 1 atom stereocenters. The number of hydrogen-bond donors (Lipinski definition) is 1. The Morgan fingerprint density at radius 2 is 1.75 bits per heavy atom. The van der Waals surface area contributed by atoms with Crippen molar-refractivity contribution in [2.24, 2.45) is 0 Å².